The van der Waals surface area contributed by atoms with Crippen LogP contribution in [0.3, 0.4) is 0 Å². The van der Waals surface area contributed by atoms with Crippen LogP contribution in [0.4, 0.5) is 0 Å². The summed E-state index contributed by atoms with van der Waals surface area (Å²) >= 11 is 0. The van der Waals surface area contributed by atoms with Gasteiger partial charge in [-0.15, -0.1) is 0 Å². The molecule has 0 saturated carbocycles. The van der Waals surface area contributed by atoms with Crippen molar-refractivity contribution >= 4 is 5.97 Å². The molecule has 9 heteroatoms. The third kappa shape index (κ3) is 22.4. The van der Waals surface area contributed by atoms with Crippen molar-refractivity contribution < 1.29 is 44.9 Å². The summed E-state index contributed by atoms with van der Waals surface area (Å²) in [6.45, 7) is 2.36. The minimum absolute atomic E-state index is 0.0531. The maximum Gasteiger partial charge on any atom is 0.303 e. The normalized spacial score (nSPS) is 18.1. The summed E-state index contributed by atoms with van der Waals surface area (Å²) in [5, 5.41) is 54.2. The molecule has 0 spiro atoms. The van der Waals surface area contributed by atoms with Crippen molar-refractivity contribution in [1.29, 1.82) is 0 Å². The third-order valence-corrected chi connectivity index (χ3v) is 6.31. The lowest BCUT2D eigenvalue weighted by Crippen LogP contribution is -2.47. The smallest absolute Gasteiger partial charge is 0.303 e. The molecule has 1 aliphatic rings. The molecule has 1 aliphatic heterocycles. The van der Waals surface area contributed by atoms with Gasteiger partial charge in [0.1, 0.15) is 30.5 Å². The molecule has 9 nitrogen and oxygen atoms in total. The van der Waals surface area contributed by atoms with E-state index in [1.807, 2.05) is 0 Å². The van der Waals surface area contributed by atoms with E-state index in [4.69, 9.17) is 24.8 Å². The Balaban J connectivity index is 0.000000696. The van der Waals surface area contributed by atoms with Crippen molar-refractivity contribution in [3.8, 4) is 0 Å². The van der Waals surface area contributed by atoms with Crippen LogP contribution in [0, 0.1) is 0 Å². The maximum atomic E-state index is 10.3. The molecule has 5 atom stereocenters. The van der Waals surface area contributed by atoms with Gasteiger partial charge in [0.05, 0.1) is 26.4 Å². The second-order valence-electron chi connectivity index (χ2n) is 9.88. The molecular formula is C27H54O9. The number of aliphatic hydroxyl groups excluding tert-OH is 5. The number of hydrogen-bond donors (Lipinski definition) is 6. The number of carboxylic acid groups (broad SMARTS) is 1. The minimum atomic E-state index is -1.61. The SMILES string of the molecule is CCCCCCCCCCCCCCCCCC(=O)O.OCC(O)C(O)C(O)C(O)COCC1CO1. The zero-order chi connectivity index (χ0) is 27.0. The van der Waals surface area contributed by atoms with E-state index in [1.165, 1.54) is 83.5 Å². The highest BCUT2D eigenvalue weighted by atomic mass is 16.6. The van der Waals surface area contributed by atoms with E-state index < -0.39 is 37.0 Å². The molecule has 0 radical (unpaired) electrons. The Morgan fingerprint density at radius 2 is 1.19 bits per heavy atom. The van der Waals surface area contributed by atoms with Crippen molar-refractivity contribution in [2.45, 2.75) is 140 Å². The quantitative estimate of drug-likeness (QED) is 0.0826. The second-order valence-corrected chi connectivity index (χ2v) is 9.88. The van der Waals surface area contributed by atoms with Crippen LogP contribution in [-0.2, 0) is 14.3 Å². The van der Waals surface area contributed by atoms with E-state index in [-0.39, 0.29) is 12.7 Å². The van der Waals surface area contributed by atoms with Gasteiger partial charge in [0, 0.05) is 6.42 Å². The summed E-state index contributed by atoms with van der Waals surface area (Å²) in [5.41, 5.74) is 0. The van der Waals surface area contributed by atoms with E-state index in [1.54, 1.807) is 0 Å². The third-order valence-electron chi connectivity index (χ3n) is 6.31. The Morgan fingerprint density at radius 3 is 1.58 bits per heavy atom. The summed E-state index contributed by atoms with van der Waals surface area (Å²) in [6.07, 6.45) is 14.3. The largest absolute Gasteiger partial charge is 0.481 e. The highest BCUT2D eigenvalue weighted by Gasteiger charge is 2.30. The summed E-state index contributed by atoms with van der Waals surface area (Å²) in [7, 11) is 0. The monoisotopic (exact) mass is 522 g/mol. The molecule has 36 heavy (non-hydrogen) atoms. The van der Waals surface area contributed by atoms with Gasteiger partial charge < -0.3 is 40.1 Å². The first-order chi connectivity index (χ1) is 17.3. The Labute approximate surface area is 217 Å². The fraction of sp³-hybridized carbons (Fsp3) is 0.963. The van der Waals surface area contributed by atoms with Crippen LogP contribution < -0.4 is 0 Å². The zero-order valence-electron chi connectivity index (χ0n) is 22.4. The van der Waals surface area contributed by atoms with E-state index in [0.29, 0.717) is 19.6 Å². The first kappa shape index (κ1) is 35.2. The van der Waals surface area contributed by atoms with E-state index >= 15 is 0 Å². The van der Waals surface area contributed by atoms with E-state index in [9.17, 15) is 20.1 Å². The lowest BCUT2D eigenvalue weighted by molar-refractivity contribution is -0.137. The minimum Gasteiger partial charge on any atom is -0.481 e. The molecule has 0 amide bonds. The van der Waals surface area contributed by atoms with Crippen LogP contribution in [0.15, 0.2) is 0 Å². The zero-order valence-corrected chi connectivity index (χ0v) is 22.4. The molecule has 1 rings (SSSR count). The number of hydrogen-bond acceptors (Lipinski definition) is 8. The molecule has 5 unspecified atom stereocenters. The summed E-state index contributed by atoms with van der Waals surface area (Å²) in [5.74, 6) is -0.653. The molecule has 216 valence electrons. The number of aliphatic carboxylic acids is 1. The number of epoxide rings is 1. The van der Waals surface area contributed by atoms with Gasteiger partial charge in [-0.1, -0.05) is 96.8 Å². The van der Waals surface area contributed by atoms with Crippen LogP contribution in [0.25, 0.3) is 0 Å². The Morgan fingerprint density at radius 1 is 0.778 bits per heavy atom. The van der Waals surface area contributed by atoms with Crippen LogP contribution in [0.1, 0.15) is 110 Å². The number of aliphatic hydroxyl groups is 5. The average Bonchev–Trinajstić information content (AvgIpc) is 3.69. The van der Waals surface area contributed by atoms with Gasteiger partial charge in [-0.25, -0.2) is 0 Å². The van der Waals surface area contributed by atoms with Crippen molar-refractivity contribution in [1.82, 2.24) is 0 Å². The number of unbranched alkanes of at least 4 members (excludes halogenated alkanes) is 14. The molecule has 1 heterocycles. The first-order valence-electron chi connectivity index (χ1n) is 14.1. The molecule has 1 saturated heterocycles. The lowest BCUT2D eigenvalue weighted by atomic mass is 10.0. The molecule has 0 aliphatic carbocycles. The van der Waals surface area contributed by atoms with Crippen LogP contribution >= 0.6 is 0 Å². The van der Waals surface area contributed by atoms with Gasteiger partial charge >= 0.3 is 5.97 Å². The molecule has 6 N–H and O–H groups in total. The van der Waals surface area contributed by atoms with Gasteiger partial charge in [-0.2, -0.15) is 0 Å². The van der Waals surface area contributed by atoms with Crippen LogP contribution in [-0.4, -0.2) is 93.6 Å². The van der Waals surface area contributed by atoms with Gasteiger partial charge in [-0.05, 0) is 6.42 Å². The lowest BCUT2D eigenvalue weighted by Gasteiger charge is -2.25. The fourth-order valence-electron chi connectivity index (χ4n) is 3.79. The molecular weight excluding hydrogens is 468 g/mol. The summed E-state index contributed by atoms with van der Waals surface area (Å²) in [4.78, 5) is 10.3. The average molecular weight is 523 g/mol. The maximum absolute atomic E-state index is 10.3. The van der Waals surface area contributed by atoms with E-state index in [2.05, 4.69) is 6.92 Å². The molecule has 0 aromatic rings. The Bertz CT molecular complexity index is 488. The first-order valence-corrected chi connectivity index (χ1v) is 14.1. The van der Waals surface area contributed by atoms with Gasteiger partial charge in [-0.3, -0.25) is 4.79 Å². The summed E-state index contributed by atoms with van der Waals surface area (Å²) < 4.78 is 9.88. The molecule has 0 bridgehead atoms. The number of carboxylic acids is 1. The van der Waals surface area contributed by atoms with Crippen molar-refractivity contribution in [3.05, 3.63) is 0 Å². The predicted octanol–water partition coefficient (Wildman–Crippen LogP) is 3.17. The molecule has 1 fully saturated rings. The van der Waals surface area contributed by atoms with Crippen molar-refractivity contribution in [2.75, 3.05) is 26.4 Å². The fourth-order valence-corrected chi connectivity index (χ4v) is 3.79. The topological polar surface area (TPSA) is 160 Å². The second kappa shape index (κ2) is 24.5. The Hall–Kier alpha value is -0.810. The number of rotatable bonds is 24. The van der Waals surface area contributed by atoms with Crippen molar-refractivity contribution in [3.63, 3.8) is 0 Å². The standard InChI is InChI=1S/C18H36O2.C9H18O7/c1-2-3-4-5-6-7-8-9-10-11-12-13-14-15-16-17-18(19)20;10-1-6(11)8(13)9(14)7(12)4-15-2-5-3-16-5/h2-17H2,1H3,(H,19,20);5-14H,1-4H2. The van der Waals surface area contributed by atoms with Gasteiger partial charge in [0.25, 0.3) is 0 Å². The molecule has 0 aromatic carbocycles. The number of carbonyl (C=O) groups is 1. The number of ether oxygens (including phenoxy) is 2. The predicted molar refractivity (Wildman–Crippen MR) is 139 cm³/mol. The Kier molecular flexibility index (Phi) is 24.0. The van der Waals surface area contributed by atoms with Crippen LogP contribution in [0.2, 0.25) is 0 Å². The summed E-state index contributed by atoms with van der Waals surface area (Å²) in [6, 6.07) is 0. The van der Waals surface area contributed by atoms with Gasteiger partial charge in [0.2, 0.25) is 0 Å². The molecule has 0 aromatic heterocycles. The highest BCUT2D eigenvalue weighted by molar-refractivity contribution is 5.66. The highest BCUT2D eigenvalue weighted by Crippen LogP contribution is 2.14. The van der Waals surface area contributed by atoms with Gasteiger partial charge in [0.15, 0.2) is 0 Å². The van der Waals surface area contributed by atoms with E-state index in [0.717, 1.165) is 12.8 Å². The van der Waals surface area contributed by atoms with Crippen molar-refractivity contribution in [2.24, 2.45) is 0 Å². The van der Waals surface area contributed by atoms with Crippen LogP contribution in [0.5, 0.6) is 0 Å².